The summed E-state index contributed by atoms with van der Waals surface area (Å²) in [5.41, 5.74) is 7.74. The molecule has 0 unspecified atom stereocenters. The Bertz CT molecular complexity index is 462. The Morgan fingerprint density at radius 2 is 2.29 bits per heavy atom. The molecule has 0 aliphatic heterocycles. The fourth-order valence-corrected chi connectivity index (χ4v) is 1.67. The third-order valence-electron chi connectivity index (χ3n) is 2.31. The number of nitrogens with two attached hydrogens (primary N) is 1. The van der Waals surface area contributed by atoms with Crippen LogP contribution in [-0.2, 0) is 6.42 Å². The lowest BCUT2D eigenvalue weighted by Crippen LogP contribution is -2.02. The topological polar surface area (TPSA) is 52.5 Å². The van der Waals surface area contributed by atoms with E-state index in [1.165, 1.54) is 0 Å². The van der Waals surface area contributed by atoms with E-state index < -0.39 is 0 Å². The van der Waals surface area contributed by atoms with Crippen LogP contribution in [0.5, 0.6) is 5.75 Å². The number of pyridine rings is 1. The number of nitrogens with zero attached hydrogens (tertiary/aromatic N) is 2. The highest BCUT2D eigenvalue weighted by Gasteiger charge is 2.08. The summed E-state index contributed by atoms with van der Waals surface area (Å²) in [4.78, 5) is 4.18. The van der Waals surface area contributed by atoms with Crippen molar-refractivity contribution < 1.29 is 4.74 Å². The minimum atomic E-state index is 0.649. The number of aryl methyl sites for hydroxylation is 1. The van der Waals surface area contributed by atoms with Crippen molar-refractivity contribution in [3.63, 3.8) is 0 Å². The third kappa shape index (κ3) is 1.11. The van der Waals surface area contributed by atoms with E-state index >= 15 is 0 Å². The summed E-state index contributed by atoms with van der Waals surface area (Å²) in [6, 6.07) is 3.81. The highest BCUT2D eigenvalue weighted by molar-refractivity contribution is 5.53. The summed E-state index contributed by atoms with van der Waals surface area (Å²) in [7, 11) is 1.66. The van der Waals surface area contributed by atoms with Gasteiger partial charge >= 0.3 is 0 Å². The molecule has 0 radical (unpaired) electrons. The Kier molecular flexibility index (Phi) is 2.04. The Hall–Kier alpha value is -1.71. The number of hydrogen-bond donors (Lipinski definition) is 1. The molecular formula is C10H13N3O. The molecule has 0 spiro atoms. The maximum Gasteiger partial charge on any atom is 0.138 e. The molecule has 0 amide bonds. The summed E-state index contributed by atoms with van der Waals surface area (Å²) in [6.45, 7) is 2.07. The molecule has 74 valence electrons. The van der Waals surface area contributed by atoms with Gasteiger partial charge in [-0.3, -0.25) is 4.40 Å². The normalized spacial score (nSPS) is 10.7. The predicted molar refractivity (Wildman–Crippen MR) is 55.5 cm³/mol. The van der Waals surface area contributed by atoms with Crippen molar-refractivity contribution in [1.29, 1.82) is 0 Å². The SMILES string of the molecule is CCc1c(OC)ccc2ncc(N)n12. The van der Waals surface area contributed by atoms with Gasteiger partial charge in [0.25, 0.3) is 0 Å². The first-order chi connectivity index (χ1) is 6.77. The molecule has 4 nitrogen and oxygen atoms in total. The molecule has 2 aromatic rings. The molecule has 2 rings (SSSR count). The highest BCUT2D eigenvalue weighted by atomic mass is 16.5. The lowest BCUT2D eigenvalue weighted by atomic mass is 10.2. The quantitative estimate of drug-likeness (QED) is 0.782. The van der Waals surface area contributed by atoms with E-state index in [4.69, 9.17) is 10.5 Å². The maximum atomic E-state index is 5.82. The largest absolute Gasteiger partial charge is 0.495 e. The van der Waals surface area contributed by atoms with Crippen LogP contribution in [0.1, 0.15) is 12.6 Å². The number of fused-ring (bicyclic) bond motifs is 1. The lowest BCUT2D eigenvalue weighted by Gasteiger charge is -2.09. The molecule has 2 aromatic heterocycles. The molecule has 0 aliphatic carbocycles. The van der Waals surface area contributed by atoms with E-state index in [1.54, 1.807) is 13.3 Å². The van der Waals surface area contributed by atoms with Gasteiger partial charge in [0.05, 0.1) is 19.0 Å². The van der Waals surface area contributed by atoms with Gasteiger partial charge < -0.3 is 10.5 Å². The number of hydrogen-bond acceptors (Lipinski definition) is 3. The molecular weight excluding hydrogens is 178 g/mol. The first-order valence-corrected chi connectivity index (χ1v) is 4.56. The number of methoxy groups -OCH3 is 1. The van der Waals surface area contributed by atoms with Gasteiger partial charge in [-0.05, 0) is 18.6 Å². The highest BCUT2D eigenvalue weighted by Crippen LogP contribution is 2.22. The van der Waals surface area contributed by atoms with Crippen LogP contribution in [0.15, 0.2) is 18.3 Å². The predicted octanol–water partition coefficient (Wildman–Crippen LogP) is 1.49. The standard InChI is InChI=1S/C10H13N3O/c1-3-7-8(14-2)4-5-10-12-6-9(11)13(7)10/h4-6H,3,11H2,1-2H3. The van der Waals surface area contributed by atoms with Crippen molar-refractivity contribution >= 4 is 11.5 Å². The average molecular weight is 191 g/mol. The third-order valence-corrected chi connectivity index (χ3v) is 2.31. The van der Waals surface area contributed by atoms with Gasteiger partial charge in [-0.1, -0.05) is 6.92 Å². The second-order valence-electron chi connectivity index (χ2n) is 3.08. The number of aromatic nitrogens is 2. The Morgan fingerprint density at radius 3 is 2.93 bits per heavy atom. The summed E-state index contributed by atoms with van der Waals surface area (Å²) < 4.78 is 7.18. The zero-order valence-corrected chi connectivity index (χ0v) is 8.32. The Morgan fingerprint density at radius 1 is 1.50 bits per heavy atom. The second kappa shape index (κ2) is 3.21. The lowest BCUT2D eigenvalue weighted by molar-refractivity contribution is 0.406. The van der Waals surface area contributed by atoms with Gasteiger partial charge in [0.15, 0.2) is 0 Å². The first kappa shape index (κ1) is 8.87. The molecule has 0 saturated heterocycles. The number of anilines is 1. The summed E-state index contributed by atoms with van der Waals surface area (Å²) in [5.74, 6) is 1.50. The minimum absolute atomic E-state index is 0.649. The summed E-state index contributed by atoms with van der Waals surface area (Å²) >= 11 is 0. The maximum absolute atomic E-state index is 5.82. The molecule has 2 heterocycles. The fourth-order valence-electron chi connectivity index (χ4n) is 1.67. The molecule has 0 saturated carbocycles. The Labute approximate surface area is 82.3 Å². The number of imidazole rings is 1. The van der Waals surface area contributed by atoms with E-state index in [0.29, 0.717) is 5.82 Å². The van der Waals surface area contributed by atoms with Gasteiger partial charge in [0.2, 0.25) is 0 Å². The van der Waals surface area contributed by atoms with Crippen LogP contribution in [0.25, 0.3) is 5.65 Å². The molecule has 2 N–H and O–H groups in total. The van der Waals surface area contributed by atoms with Gasteiger partial charge in [0.1, 0.15) is 17.2 Å². The molecule has 0 atom stereocenters. The molecule has 0 aromatic carbocycles. The van der Waals surface area contributed by atoms with Crippen LogP contribution in [0, 0.1) is 0 Å². The fraction of sp³-hybridized carbons (Fsp3) is 0.300. The van der Waals surface area contributed by atoms with Gasteiger partial charge in [-0.25, -0.2) is 4.98 Å². The van der Waals surface area contributed by atoms with Crippen molar-refractivity contribution in [1.82, 2.24) is 9.38 Å². The molecule has 14 heavy (non-hydrogen) atoms. The van der Waals surface area contributed by atoms with Crippen LogP contribution in [0.3, 0.4) is 0 Å². The minimum Gasteiger partial charge on any atom is -0.495 e. The monoisotopic (exact) mass is 191 g/mol. The van der Waals surface area contributed by atoms with E-state index in [2.05, 4.69) is 11.9 Å². The molecule has 0 fully saturated rings. The average Bonchev–Trinajstić information content (AvgIpc) is 2.59. The summed E-state index contributed by atoms with van der Waals surface area (Å²) in [6.07, 6.45) is 2.52. The second-order valence-corrected chi connectivity index (χ2v) is 3.08. The first-order valence-electron chi connectivity index (χ1n) is 4.56. The smallest absolute Gasteiger partial charge is 0.138 e. The van der Waals surface area contributed by atoms with Crippen LogP contribution in [-0.4, -0.2) is 16.5 Å². The number of nitrogen functional groups attached to an aromatic ring is 1. The van der Waals surface area contributed by atoms with E-state index in [0.717, 1.165) is 23.5 Å². The van der Waals surface area contributed by atoms with Crippen LogP contribution >= 0.6 is 0 Å². The zero-order chi connectivity index (χ0) is 10.1. The van der Waals surface area contributed by atoms with E-state index in [1.807, 2.05) is 16.5 Å². The van der Waals surface area contributed by atoms with Crippen molar-refractivity contribution in [3.05, 3.63) is 24.0 Å². The van der Waals surface area contributed by atoms with Gasteiger partial charge in [-0.15, -0.1) is 0 Å². The van der Waals surface area contributed by atoms with Gasteiger partial charge in [0, 0.05) is 0 Å². The molecule has 0 aliphatic rings. The van der Waals surface area contributed by atoms with Crippen LogP contribution in [0.4, 0.5) is 5.82 Å². The van der Waals surface area contributed by atoms with Crippen LogP contribution in [0.2, 0.25) is 0 Å². The number of ether oxygens (including phenoxy) is 1. The van der Waals surface area contributed by atoms with E-state index in [9.17, 15) is 0 Å². The molecule has 0 bridgehead atoms. The molecule has 4 heteroatoms. The van der Waals surface area contributed by atoms with Crippen molar-refractivity contribution in [2.45, 2.75) is 13.3 Å². The Balaban J connectivity index is 2.81. The summed E-state index contributed by atoms with van der Waals surface area (Å²) in [5, 5.41) is 0. The van der Waals surface area contributed by atoms with Gasteiger partial charge in [-0.2, -0.15) is 0 Å². The van der Waals surface area contributed by atoms with E-state index in [-0.39, 0.29) is 0 Å². The van der Waals surface area contributed by atoms with Crippen molar-refractivity contribution in [3.8, 4) is 5.75 Å². The van der Waals surface area contributed by atoms with Crippen molar-refractivity contribution in [2.75, 3.05) is 12.8 Å². The van der Waals surface area contributed by atoms with Crippen molar-refractivity contribution in [2.24, 2.45) is 0 Å². The van der Waals surface area contributed by atoms with Crippen LogP contribution < -0.4 is 10.5 Å². The number of rotatable bonds is 2. The zero-order valence-electron chi connectivity index (χ0n) is 8.32.